The Labute approximate surface area is 121 Å². The predicted molar refractivity (Wildman–Crippen MR) is 70.7 cm³/mol. The lowest BCUT2D eigenvalue weighted by Gasteiger charge is -2.21. The summed E-state index contributed by atoms with van der Waals surface area (Å²) >= 11 is 0. The van der Waals surface area contributed by atoms with Gasteiger partial charge in [-0.2, -0.15) is 13.2 Å². The van der Waals surface area contributed by atoms with Gasteiger partial charge in [-0.25, -0.2) is 4.79 Å². The van der Waals surface area contributed by atoms with Crippen LogP contribution in [0.1, 0.15) is 24.1 Å². The van der Waals surface area contributed by atoms with Crippen molar-refractivity contribution in [2.24, 2.45) is 0 Å². The van der Waals surface area contributed by atoms with Crippen LogP contribution in [0.5, 0.6) is 0 Å². The zero-order chi connectivity index (χ0) is 15.9. The van der Waals surface area contributed by atoms with Gasteiger partial charge >= 0.3 is 12.1 Å². The summed E-state index contributed by atoms with van der Waals surface area (Å²) in [6.45, 7) is 2.19. The lowest BCUT2D eigenvalue weighted by atomic mass is 9.99. The fourth-order valence-corrected chi connectivity index (χ4v) is 1.86. The molecule has 4 nitrogen and oxygen atoms in total. The Kier molecular flexibility index (Phi) is 6.64. The van der Waals surface area contributed by atoms with Crippen LogP contribution in [0.4, 0.5) is 13.2 Å². The highest BCUT2D eigenvalue weighted by molar-refractivity contribution is 5.78. The molecule has 0 aliphatic heterocycles. The summed E-state index contributed by atoms with van der Waals surface area (Å²) in [5.74, 6) is -0.745. The van der Waals surface area contributed by atoms with E-state index >= 15 is 0 Å². The maximum absolute atomic E-state index is 13.0. The monoisotopic (exact) mass is 305 g/mol. The smallest absolute Gasteiger partial charge is 0.416 e. The van der Waals surface area contributed by atoms with Crippen LogP contribution in [-0.4, -0.2) is 32.8 Å². The van der Waals surface area contributed by atoms with Gasteiger partial charge in [0, 0.05) is 13.7 Å². The molecule has 1 atom stereocenters. The summed E-state index contributed by atoms with van der Waals surface area (Å²) in [6.07, 6.45) is -4.54. The Morgan fingerprint density at radius 1 is 1.33 bits per heavy atom. The van der Waals surface area contributed by atoms with Crippen molar-refractivity contribution in [3.8, 4) is 0 Å². The molecule has 0 saturated carbocycles. The molecule has 0 aliphatic carbocycles. The van der Waals surface area contributed by atoms with Gasteiger partial charge in [0.15, 0.2) is 0 Å². The molecule has 1 aromatic rings. The summed E-state index contributed by atoms with van der Waals surface area (Å²) in [7, 11) is 1.46. The molecule has 0 fully saturated rings. The minimum atomic E-state index is -4.54. The average molecular weight is 305 g/mol. The molecule has 0 heterocycles. The van der Waals surface area contributed by atoms with Gasteiger partial charge in [0.25, 0.3) is 0 Å². The van der Waals surface area contributed by atoms with Crippen LogP contribution >= 0.6 is 0 Å². The van der Waals surface area contributed by atoms with Gasteiger partial charge in [0.2, 0.25) is 0 Å². The molecule has 0 bridgehead atoms. The van der Waals surface area contributed by atoms with E-state index in [1.165, 1.54) is 25.3 Å². The molecule has 0 saturated heterocycles. The van der Waals surface area contributed by atoms with Crippen LogP contribution < -0.4 is 5.32 Å². The number of hydrogen-bond donors (Lipinski definition) is 1. The number of esters is 1. The van der Waals surface area contributed by atoms with E-state index in [0.29, 0.717) is 0 Å². The van der Waals surface area contributed by atoms with E-state index in [-0.39, 0.29) is 25.3 Å². The van der Waals surface area contributed by atoms with E-state index in [9.17, 15) is 18.0 Å². The van der Waals surface area contributed by atoms with Gasteiger partial charge in [-0.15, -0.1) is 0 Å². The number of benzene rings is 1. The molecule has 1 N–H and O–H groups in total. The number of ether oxygens (including phenoxy) is 2. The topological polar surface area (TPSA) is 47.6 Å². The van der Waals surface area contributed by atoms with Crippen LogP contribution in [-0.2, 0) is 20.4 Å². The molecular weight excluding hydrogens is 287 g/mol. The van der Waals surface area contributed by atoms with Crippen molar-refractivity contribution in [3.05, 3.63) is 35.4 Å². The van der Waals surface area contributed by atoms with Crippen molar-refractivity contribution in [3.63, 3.8) is 0 Å². The summed E-state index contributed by atoms with van der Waals surface area (Å²) in [4.78, 5) is 11.9. The minimum Gasteiger partial charge on any atom is -0.465 e. The van der Waals surface area contributed by atoms with Gasteiger partial charge < -0.3 is 9.47 Å². The number of carbonyl (C=O) groups is 1. The number of rotatable bonds is 7. The molecule has 118 valence electrons. The molecule has 0 amide bonds. The Morgan fingerprint density at radius 2 is 2.00 bits per heavy atom. The van der Waals surface area contributed by atoms with E-state index in [4.69, 9.17) is 9.47 Å². The third-order valence-corrected chi connectivity index (χ3v) is 2.75. The Balaban J connectivity index is 3.10. The first-order valence-electron chi connectivity index (χ1n) is 6.46. The molecule has 0 spiro atoms. The van der Waals surface area contributed by atoms with Gasteiger partial charge in [-0.3, -0.25) is 5.32 Å². The zero-order valence-electron chi connectivity index (χ0n) is 11.9. The van der Waals surface area contributed by atoms with E-state index in [1.807, 2.05) is 0 Å². The lowest BCUT2D eigenvalue weighted by molar-refractivity contribution is -0.147. The van der Waals surface area contributed by atoms with Gasteiger partial charge in [-0.1, -0.05) is 18.2 Å². The van der Waals surface area contributed by atoms with Crippen LogP contribution in [0.25, 0.3) is 0 Å². The van der Waals surface area contributed by atoms with Gasteiger partial charge in [-0.05, 0) is 18.6 Å². The maximum Gasteiger partial charge on any atom is 0.416 e. The van der Waals surface area contributed by atoms with Crippen molar-refractivity contribution in [1.29, 1.82) is 0 Å². The first kappa shape index (κ1) is 17.5. The number of methoxy groups -OCH3 is 1. The quantitative estimate of drug-likeness (QED) is 0.621. The fraction of sp³-hybridized carbons (Fsp3) is 0.500. The first-order valence-corrected chi connectivity index (χ1v) is 6.46. The number of alkyl halides is 3. The predicted octanol–water partition coefficient (Wildman–Crippen LogP) is 2.55. The van der Waals surface area contributed by atoms with Crippen LogP contribution in [0.2, 0.25) is 0 Å². The number of carbonyl (C=O) groups excluding carboxylic acids is 1. The first-order chi connectivity index (χ1) is 9.91. The number of hydrogen-bond acceptors (Lipinski definition) is 4. The molecule has 0 aliphatic rings. The fourth-order valence-electron chi connectivity index (χ4n) is 1.86. The van der Waals surface area contributed by atoms with Crippen LogP contribution in [0.15, 0.2) is 24.3 Å². The number of halogens is 3. The third-order valence-electron chi connectivity index (χ3n) is 2.75. The second-order valence-electron chi connectivity index (χ2n) is 4.22. The molecule has 7 heteroatoms. The summed E-state index contributed by atoms with van der Waals surface area (Å²) in [5.41, 5.74) is -1.01. The van der Waals surface area contributed by atoms with Crippen molar-refractivity contribution < 1.29 is 27.4 Å². The third kappa shape index (κ3) is 5.02. The Bertz CT molecular complexity index is 463. The second-order valence-corrected chi connectivity index (χ2v) is 4.22. The van der Waals surface area contributed by atoms with Gasteiger partial charge in [0.1, 0.15) is 6.04 Å². The molecule has 0 aromatic heterocycles. The molecule has 1 rings (SSSR count). The average Bonchev–Trinajstić information content (AvgIpc) is 2.43. The molecule has 1 aromatic carbocycles. The van der Waals surface area contributed by atoms with E-state index in [2.05, 4.69) is 5.32 Å². The Hall–Kier alpha value is -1.60. The highest BCUT2D eigenvalue weighted by atomic mass is 19.4. The Morgan fingerprint density at radius 3 is 2.57 bits per heavy atom. The van der Waals surface area contributed by atoms with E-state index in [0.717, 1.165) is 6.07 Å². The zero-order valence-corrected chi connectivity index (χ0v) is 11.9. The van der Waals surface area contributed by atoms with Gasteiger partial charge in [0.05, 0.1) is 18.8 Å². The largest absolute Gasteiger partial charge is 0.465 e. The summed E-state index contributed by atoms with van der Waals surface area (Å²) in [6, 6.07) is 3.76. The molecule has 21 heavy (non-hydrogen) atoms. The molecule has 1 unspecified atom stereocenters. The van der Waals surface area contributed by atoms with Crippen LogP contribution in [0, 0.1) is 0 Å². The molecular formula is C14H18F3NO3. The summed E-state index contributed by atoms with van der Waals surface area (Å²) in [5, 5.41) is 2.73. The van der Waals surface area contributed by atoms with Crippen molar-refractivity contribution in [2.75, 3.05) is 26.9 Å². The standard InChI is InChI=1S/C14H18F3NO3/c1-3-21-13(19)12(18-8-9-20-2)10-6-4-5-7-11(10)14(15,16)17/h4-7,12,18H,3,8-9H2,1-2H3. The van der Waals surface area contributed by atoms with E-state index in [1.54, 1.807) is 6.92 Å². The van der Waals surface area contributed by atoms with Crippen molar-refractivity contribution in [2.45, 2.75) is 19.1 Å². The highest BCUT2D eigenvalue weighted by Gasteiger charge is 2.37. The maximum atomic E-state index is 13.0. The SMILES string of the molecule is CCOC(=O)C(NCCOC)c1ccccc1C(F)(F)F. The summed E-state index contributed by atoms with van der Waals surface area (Å²) < 4.78 is 48.8. The van der Waals surface area contributed by atoms with Crippen molar-refractivity contribution in [1.82, 2.24) is 5.32 Å². The number of nitrogens with one attached hydrogen (secondary N) is 1. The lowest BCUT2D eigenvalue weighted by Crippen LogP contribution is -2.34. The second kappa shape index (κ2) is 7.99. The van der Waals surface area contributed by atoms with Crippen LogP contribution in [0.3, 0.4) is 0 Å². The normalized spacial score (nSPS) is 13.0. The van der Waals surface area contributed by atoms with Crippen molar-refractivity contribution >= 4 is 5.97 Å². The van der Waals surface area contributed by atoms with E-state index < -0.39 is 23.8 Å². The highest BCUT2D eigenvalue weighted by Crippen LogP contribution is 2.34. The molecule has 0 radical (unpaired) electrons. The minimum absolute atomic E-state index is 0.0927.